The van der Waals surface area contributed by atoms with Gasteiger partial charge in [-0.15, -0.1) is 0 Å². The Balaban J connectivity index is 2.05. The zero-order chi connectivity index (χ0) is 13.0. The Hall–Kier alpha value is -1.39. The highest BCUT2D eigenvalue weighted by Gasteiger charge is 2.37. The second-order valence-electron chi connectivity index (χ2n) is 5.11. The summed E-state index contributed by atoms with van der Waals surface area (Å²) in [7, 11) is 0. The topological polar surface area (TPSA) is 61.4 Å². The van der Waals surface area contributed by atoms with Gasteiger partial charge in [-0.1, -0.05) is 30.3 Å². The van der Waals surface area contributed by atoms with Gasteiger partial charge in [0.15, 0.2) is 0 Å². The minimum absolute atomic E-state index is 0.00963. The molecule has 0 saturated carbocycles. The van der Waals surface area contributed by atoms with Gasteiger partial charge in [0.05, 0.1) is 18.1 Å². The lowest BCUT2D eigenvalue weighted by Gasteiger charge is -2.25. The Bertz CT molecular complexity index is 400. The molecule has 0 aromatic heterocycles. The van der Waals surface area contributed by atoms with Crippen molar-refractivity contribution >= 4 is 5.91 Å². The zero-order valence-electron chi connectivity index (χ0n) is 10.6. The molecule has 2 rings (SSSR count). The van der Waals surface area contributed by atoms with E-state index in [4.69, 9.17) is 0 Å². The molecule has 98 valence electrons. The van der Waals surface area contributed by atoms with E-state index in [0.717, 1.165) is 18.5 Å². The predicted octanol–water partition coefficient (Wildman–Crippen LogP) is 0.836. The van der Waals surface area contributed by atoms with Crippen molar-refractivity contribution < 1.29 is 9.90 Å². The van der Waals surface area contributed by atoms with Crippen molar-refractivity contribution in [2.24, 2.45) is 5.41 Å². The van der Waals surface area contributed by atoms with E-state index in [-0.39, 0.29) is 24.0 Å². The van der Waals surface area contributed by atoms with Gasteiger partial charge in [-0.2, -0.15) is 0 Å². The zero-order valence-corrected chi connectivity index (χ0v) is 10.6. The first kappa shape index (κ1) is 13.1. The maximum absolute atomic E-state index is 12.2. The fourth-order valence-electron chi connectivity index (χ4n) is 2.26. The Labute approximate surface area is 107 Å². The van der Waals surface area contributed by atoms with Crippen molar-refractivity contribution in [2.45, 2.75) is 19.4 Å². The van der Waals surface area contributed by atoms with Crippen LogP contribution in [0.4, 0.5) is 0 Å². The van der Waals surface area contributed by atoms with E-state index in [9.17, 15) is 9.90 Å². The van der Waals surface area contributed by atoms with Crippen LogP contribution in [0.25, 0.3) is 0 Å². The van der Waals surface area contributed by atoms with Crippen molar-refractivity contribution in [1.82, 2.24) is 10.6 Å². The van der Waals surface area contributed by atoms with Gasteiger partial charge in [-0.25, -0.2) is 0 Å². The molecular weight excluding hydrogens is 228 g/mol. The van der Waals surface area contributed by atoms with Crippen LogP contribution in [0.5, 0.6) is 0 Å². The second kappa shape index (κ2) is 5.50. The van der Waals surface area contributed by atoms with Crippen LogP contribution < -0.4 is 10.6 Å². The first-order valence-electron chi connectivity index (χ1n) is 6.33. The van der Waals surface area contributed by atoms with Gasteiger partial charge >= 0.3 is 0 Å². The first-order chi connectivity index (χ1) is 8.65. The minimum atomic E-state index is -0.359. The predicted molar refractivity (Wildman–Crippen MR) is 70.0 cm³/mol. The molecule has 3 N–H and O–H groups in total. The maximum atomic E-state index is 12.2. The van der Waals surface area contributed by atoms with Crippen LogP contribution in [-0.4, -0.2) is 30.7 Å². The fraction of sp³-hybridized carbons (Fsp3) is 0.500. The summed E-state index contributed by atoms with van der Waals surface area (Å²) in [6, 6.07) is 9.23. The van der Waals surface area contributed by atoms with Gasteiger partial charge in [0.2, 0.25) is 5.91 Å². The second-order valence-corrected chi connectivity index (χ2v) is 5.11. The van der Waals surface area contributed by atoms with E-state index in [2.05, 4.69) is 10.6 Å². The van der Waals surface area contributed by atoms with E-state index in [1.54, 1.807) is 0 Å². The molecule has 0 aliphatic carbocycles. The summed E-state index contributed by atoms with van der Waals surface area (Å²) in [5.74, 6) is 0.00963. The standard InChI is InChI=1S/C14H20N2O2/c1-14(7-8-15-10-14)13(18)16-12(9-17)11-5-3-2-4-6-11/h2-6,12,15,17H,7-10H2,1H3,(H,16,18). The molecule has 4 nitrogen and oxygen atoms in total. The highest BCUT2D eigenvalue weighted by molar-refractivity contribution is 5.83. The van der Waals surface area contributed by atoms with E-state index >= 15 is 0 Å². The quantitative estimate of drug-likeness (QED) is 0.740. The van der Waals surface area contributed by atoms with E-state index in [0.29, 0.717) is 6.54 Å². The lowest BCUT2D eigenvalue weighted by molar-refractivity contribution is -0.130. The number of aliphatic hydroxyl groups excluding tert-OH is 1. The summed E-state index contributed by atoms with van der Waals surface area (Å²) in [6.07, 6.45) is 0.839. The smallest absolute Gasteiger partial charge is 0.227 e. The van der Waals surface area contributed by atoms with Crippen molar-refractivity contribution in [3.63, 3.8) is 0 Å². The first-order valence-corrected chi connectivity index (χ1v) is 6.33. The van der Waals surface area contributed by atoms with E-state index < -0.39 is 0 Å². The maximum Gasteiger partial charge on any atom is 0.227 e. The lowest BCUT2D eigenvalue weighted by atomic mass is 9.88. The van der Waals surface area contributed by atoms with Gasteiger partial charge < -0.3 is 15.7 Å². The number of aliphatic hydroxyl groups is 1. The molecule has 2 unspecified atom stereocenters. The van der Waals surface area contributed by atoms with Crippen molar-refractivity contribution in [2.75, 3.05) is 19.7 Å². The van der Waals surface area contributed by atoms with Gasteiger partial charge in [-0.05, 0) is 25.5 Å². The summed E-state index contributed by atoms with van der Waals surface area (Å²) in [5.41, 5.74) is 0.574. The molecule has 1 amide bonds. The third kappa shape index (κ3) is 2.71. The van der Waals surface area contributed by atoms with Crippen LogP contribution in [-0.2, 0) is 4.79 Å². The number of hydrogen-bond donors (Lipinski definition) is 3. The molecule has 1 aromatic rings. The van der Waals surface area contributed by atoms with E-state index in [1.807, 2.05) is 37.3 Å². The van der Waals surface area contributed by atoms with Gasteiger partial charge in [0.1, 0.15) is 0 Å². The molecule has 0 spiro atoms. The third-order valence-corrected chi connectivity index (χ3v) is 3.61. The molecule has 1 aliphatic heterocycles. The molecule has 0 bridgehead atoms. The molecule has 1 aliphatic rings. The molecule has 4 heteroatoms. The van der Waals surface area contributed by atoms with Crippen LogP contribution >= 0.6 is 0 Å². The average molecular weight is 248 g/mol. The van der Waals surface area contributed by atoms with Crippen LogP contribution in [0.3, 0.4) is 0 Å². The molecule has 1 fully saturated rings. The summed E-state index contributed by atoms with van der Waals surface area (Å²) in [4.78, 5) is 12.2. The average Bonchev–Trinajstić information content (AvgIpc) is 2.85. The lowest BCUT2D eigenvalue weighted by Crippen LogP contribution is -2.43. The van der Waals surface area contributed by atoms with Crippen LogP contribution in [0, 0.1) is 5.41 Å². The number of rotatable bonds is 4. The SMILES string of the molecule is CC1(C(=O)NC(CO)c2ccccc2)CCNC1. The fourth-order valence-corrected chi connectivity index (χ4v) is 2.26. The largest absolute Gasteiger partial charge is 0.394 e. The number of nitrogens with one attached hydrogen (secondary N) is 2. The number of amides is 1. The summed E-state index contributed by atoms with van der Waals surface area (Å²) < 4.78 is 0. The molecule has 1 saturated heterocycles. The van der Waals surface area contributed by atoms with Gasteiger partial charge in [-0.3, -0.25) is 4.79 Å². The van der Waals surface area contributed by atoms with E-state index in [1.165, 1.54) is 0 Å². The summed E-state index contributed by atoms with van der Waals surface area (Å²) in [6.45, 7) is 3.45. The molecule has 2 atom stereocenters. The molecule has 1 heterocycles. The number of benzene rings is 1. The van der Waals surface area contributed by atoms with Gasteiger partial charge in [0, 0.05) is 6.54 Å². The van der Waals surface area contributed by atoms with Crippen molar-refractivity contribution in [3.8, 4) is 0 Å². The Morgan fingerprint density at radius 1 is 1.50 bits per heavy atom. The summed E-state index contributed by atoms with van der Waals surface area (Å²) >= 11 is 0. The highest BCUT2D eigenvalue weighted by atomic mass is 16.3. The van der Waals surface area contributed by atoms with Crippen LogP contribution in [0.2, 0.25) is 0 Å². The number of carbonyl (C=O) groups excluding carboxylic acids is 1. The van der Waals surface area contributed by atoms with Crippen molar-refractivity contribution in [3.05, 3.63) is 35.9 Å². The summed E-state index contributed by atoms with van der Waals surface area (Å²) in [5, 5.41) is 15.6. The van der Waals surface area contributed by atoms with Crippen molar-refractivity contribution in [1.29, 1.82) is 0 Å². The minimum Gasteiger partial charge on any atom is -0.394 e. The third-order valence-electron chi connectivity index (χ3n) is 3.61. The van der Waals surface area contributed by atoms with Gasteiger partial charge in [0.25, 0.3) is 0 Å². The normalized spacial score (nSPS) is 24.8. The number of carbonyl (C=O) groups is 1. The van der Waals surface area contributed by atoms with Crippen LogP contribution in [0.15, 0.2) is 30.3 Å². The molecular formula is C14H20N2O2. The Morgan fingerprint density at radius 3 is 2.78 bits per heavy atom. The Morgan fingerprint density at radius 2 is 2.22 bits per heavy atom. The molecule has 0 radical (unpaired) electrons. The highest BCUT2D eigenvalue weighted by Crippen LogP contribution is 2.26. The molecule has 18 heavy (non-hydrogen) atoms. The monoisotopic (exact) mass is 248 g/mol. The van der Waals surface area contributed by atoms with Crippen LogP contribution in [0.1, 0.15) is 24.9 Å². The molecule has 1 aromatic carbocycles. The Kier molecular flexibility index (Phi) is 3.99. The number of hydrogen-bond acceptors (Lipinski definition) is 3.